The van der Waals surface area contributed by atoms with Crippen LogP contribution in [-0.4, -0.2) is 12.7 Å². The van der Waals surface area contributed by atoms with E-state index in [1.54, 1.807) is 12.1 Å². The van der Waals surface area contributed by atoms with Gasteiger partial charge in [0.25, 0.3) is 0 Å². The van der Waals surface area contributed by atoms with Gasteiger partial charge in [-0.25, -0.2) is 4.39 Å². The summed E-state index contributed by atoms with van der Waals surface area (Å²) in [5, 5.41) is 0. The number of halogens is 1. The molecule has 2 nitrogen and oxygen atoms in total. The summed E-state index contributed by atoms with van der Waals surface area (Å²) in [4.78, 5) is 0. The fourth-order valence-corrected chi connectivity index (χ4v) is 2.58. The van der Waals surface area contributed by atoms with E-state index in [1.165, 1.54) is 12.1 Å². The number of ether oxygens (including phenoxy) is 2. The van der Waals surface area contributed by atoms with Gasteiger partial charge in [-0.3, -0.25) is 0 Å². The van der Waals surface area contributed by atoms with Crippen LogP contribution in [0.5, 0.6) is 0 Å². The van der Waals surface area contributed by atoms with Gasteiger partial charge in [0, 0.05) is 11.0 Å². The molecular weight excluding hydrogens is 231 g/mol. The highest BCUT2D eigenvalue weighted by atomic mass is 19.1. The van der Waals surface area contributed by atoms with Crippen LogP contribution in [0.2, 0.25) is 0 Å². The Kier molecular flexibility index (Phi) is 3.74. The minimum atomic E-state index is -0.383. The van der Waals surface area contributed by atoms with Crippen LogP contribution in [0.25, 0.3) is 0 Å². The molecular formula is C15H21FO2. The molecule has 1 aliphatic heterocycles. The zero-order valence-electron chi connectivity index (χ0n) is 11.4. The minimum absolute atomic E-state index is 0.00466. The van der Waals surface area contributed by atoms with Crippen molar-refractivity contribution < 1.29 is 13.9 Å². The van der Waals surface area contributed by atoms with Crippen LogP contribution in [0.3, 0.4) is 0 Å². The van der Waals surface area contributed by atoms with Gasteiger partial charge in [-0.1, -0.05) is 39.8 Å². The third kappa shape index (κ3) is 2.73. The summed E-state index contributed by atoms with van der Waals surface area (Å²) in [6, 6.07) is 6.31. The Hall–Kier alpha value is -0.930. The van der Waals surface area contributed by atoms with Crippen LogP contribution in [0.1, 0.15) is 39.5 Å². The molecule has 1 fully saturated rings. The monoisotopic (exact) mass is 252 g/mol. The van der Waals surface area contributed by atoms with Crippen molar-refractivity contribution >= 4 is 0 Å². The smallest absolute Gasteiger partial charge is 0.184 e. The van der Waals surface area contributed by atoms with E-state index in [4.69, 9.17) is 9.47 Å². The topological polar surface area (TPSA) is 18.5 Å². The van der Waals surface area contributed by atoms with E-state index in [9.17, 15) is 4.39 Å². The molecule has 1 heterocycles. The summed E-state index contributed by atoms with van der Waals surface area (Å²) in [7, 11) is 0. The van der Waals surface area contributed by atoms with Crippen LogP contribution < -0.4 is 0 Å². The molecule has 2 rings (SSSR count). The maximum atomic E-state index is 12.9. The minimum Gasteiger partial charge on any atom is -0.348 e. The first-order valence-corrected chi connectivity index (χ1v) is 6.43. The summed E-state index contributed by atoms with van der Waals surface area (Å²) >= 11 is 0. The molecule has 2 unspecified atom stereocenters. The lowest BCUT2D eigenvalue weighted by Gasteiger charge is -2.44. The maximum Gasteiger partial charge on any atom is 0.184 e. The van der Waals surface area contributed by atoms with Crippen molar-refractivity contribution in [1.82, 2.24) is 0 Å². The number of hydrogen-bond acceptors (Lipinski definition) is 2. The van der Waals surface area contributed by atoms with E-state index >= 15 is 0 Å². The highest BCUT2D eigenvalue weighted by molar-refractivity contribution is 5.17. The summed E-state index contributed by atoms with van der Waals surface area (Å²) < 4.78 is 24.7. The van der Waals surface area contributed by atoms with Crippen LogP contribution in [0.15, 0.2) is 24.3 Å². The lowest BCUT2D eigenvalue weighted by molar-refractivity contribution is -0.274. The first-order valence-electron chi connectivity index (χ1n) is 6.43. The first-order chi connectivity index (χ1) is 8.40. The van der Waals surface area contributed by atoms with Gasteiger partial charge in [0.15, 0.2) is 6.29 Å². The third-order valence-electron chi connectivity index (χ3n) is 3.39. The van der Waals surface area contributed by atoms with Crippen molar-refractivity contribution in [2.75, 3.05) is 6.61 Å². The normalized spacial score (nSPS) is 27.4. The van der Waals surface area contributed by atoms with E-state index in [2.05, 4.69) is 27.7 Å². The van der Waals surface area contributed by atoms with E-state index in [1.807, 2.05) is 0 Å². The molecule has 0 spiro atoms. The first kappa shape index (κ1) is 13.5. The molecule has 0 amide bonds. The average Bonchev–Trinajstić information content (AvgIpc) is 2.29. The zero-order chi connectivity index (χ0) is 13.3. The van der Waals surface area contributed by atoms with Crippen molar-refractivity contribution in [3.63, 3.8) is 0 Å². The largest absolute Gasteiger partial charge is 0.348 e. The standard InChI is InChI=1S/C15H21FO2/c1-10(2)13-15(3,4)9-17-14(18-13)11-5-7-12(16)8-6-11/h5-8,10,13-14H,9H2,1-4H3. The van der Waals surface area contributed by atoms with Crippen LogP contribution >= 0.6 is 0 Å². The molecule has 3 heteroatoms. The summed E-state index contributed by atoms with van der Waals surface area (Å²) in [5.41, 5.74) is 0.877. The molecule has 0 aromatic heterocycles. The Labute approximate surface area is 108 Å². The Morgan fingerprint density at radius 2 is 1.83 bits per heavy atom. The fraction of sp³-hybridized carbons (Fsp3) is 0.600. The van der Waals surface area contributed by atoms with E-state index < -0.39 is 0 Å². The SMILES string of the molecule is CC(C)C1OC(c2ccc(F)cc2)OCC1(C)C. The molecule has 100 valence electrons. The van der Waals surface area contributed by atoms with Crippen molar-refractivity contribution in [1.29, 1.82) is 0 Å². The molecule has 0 saturated carbocycles. The second kappa shape index (κ2) is 4.98. The lowest BCUT2D eigenvalue weighted by atomic mass is 9.80. The molecule has 0 bridgehead atoms. The maximum absolute atomic E-state index is 12.9. The second-order valence-corrected chi connectivity index (χ2v) is 5.98. The predicted molar refractivity (Wildman–Crippen MR) is 68.6 cm³/mol. The van der Waals surface area contributed by atoms with Gasteiger partial charge in [0.2, 0.25) is 0 Å². The number of rotatable bonds is 2. The summed E-state index contributed by atoms with van der Waals surface area (Å²) in [6.45, 7) is 9.26. The molecule has 1 aromatic rings. The Morgan fingerprint density at radius 3 is 2.39 bits per heavy atom. The van der Waals surface area contributed by atoms with Crippen molar-refractivity contribution in [3.8, 4) is 0 Å². The molecule has 0 N–H and O–H groups in total. The van der Waals surface area contributed by atoms with Gasteiger partial charge in [-0.15, -0.1) is 0 Å². The van der Waals surface area contributed by atoms with Gasteiger partial charge in [-0.2, -0.15) is 0 Å². The van der Waals surface area contributed by atoms with Gasteiger partial charge >= 0.3 is 0 Å². The summed E-state index contributed by atoms with van der Waals surface area (Å²) in [6.07, 6.45) is -0.243. The van der Waals surface area contributed by atoms with Crippen molar-refractivity contribution in [2.45, 2.75) is 40.1 Å². The van der Waals surface area contributed by atoms with E-state index in [0.29, 0.717) is 12.5 Å². The van der Waals surface area contributed by atoms with Gasteiger partial charge in [-0.05, 0) is 18.1 Å². The van der Waals surface area contributed by atoms with Gasteiger partial charge < -0.3 is 9.47 Å². The molecule has 0 aliphatic carbocycles. The fourth-order valence-electron chi connectivity index (χ4n) is 2.58. The number of benzene rings is 1. The van der Waals surface area contributed by atoms with Crippen molar-refractivity contribution in [2.24, 2.45) is 11.3 Å². The molecule has 2 atom stereocenters. The molecule has 0 radical (unpaired) electrons. The molecule has 1 aromatic carbocycles. The second-order valence-electron chi connectivity index (χ2n) is 5.98. The predicted octanol–water partition coefficient (Wildman–Crippen LogP) is 3.92. The average molecular weight is 252 g/mol. The van der Waals surface area contributed by atoms with Crippen LogP contribution in [-0.2, 0) is 9.47 Å². The Bertz CT molecular complexity index is 397. The number of hydrogen-bond donors (Lipinski definition) is 0. The lowest BCUT2D eigenvalue weighted by Crippen LogP contribution is -2.45. The van der Waals surface area contributed by atoms with E-state index in [0.717, 1.165) is 5.56 Å². The van der Waals surface area contributed by atoms with E-state index in [-0.39, 0.29) is 23.6 Å². The van der Waals surface area contributed by atoms with Crippen LogP contribution in [0.4, 0.5) is 4.39 Å². The molecule has 18 heavy (non-hydrogen) atoms. The highest BCUT2D eigenvalue weighted by Crippen LogP contribution is 2.39. The quantitative estimate of drug-likeness (QED) is 0.794. The van der Waals surface area contributed by atoms with Gasteiger partial charge in [0.1, 0.15) is 5.82 Å². The Morgan fingerprint density at radius 1 is 1.22 bits per heavy atom. The molecule has 1 aliphatic rings. The highest BCUT2D eigenvalue weighted by Gasteiger charge is 2.40. The van der Waals surface area contributed by atoms with Crippen LogP contribution in [0, 0.1) is 17.2 Å². The third-order valence-corrected chi connectivity index (χ3v) is 3.39. The van der Waals surface area contributed by atoms with Gasteiger partial charge in [0.05, 0.1) is 12.7 Å². The zero-order valence-corrected chi connectivity index (χ0v) is 11.4. The van der Waals surface area contributed by atoms with Crippen molar-refractivity contribution in [3.05, 3.63) is 35.6 Å². The summed E-state index contributed by atoms with van der Waals surface area (Å²) in [5.74, 6) is 0.183. The molecule has 1 saturated heterocycles. The Balaban J connectivity index is 2.15.